The van der Waals surface area contributed by atoms with Crippen LogP contribution in [0.1, 0.15) is 58.8 Å². The van der Waals surface area contributed by atoms with E-state index >= 15 is 0 Å². The molecule has 0 amide bonds. The van der Waals surface area contributed by atoms with Gasteiger partial charge >= 0.3 is 0 Å². The number of fused-ring (bicyclic) bond motifs is 1. The second-order valence-electron chi connectivity index (χ2n) is 8.52. The summed E-state index contributed by atoms with van der Waals surface area (Å²) in [4.78, 5) is 12.3. The van der Waals surface area contributed by atoms with Crippen LogP contribution in [0.15, 0.2) is 0 Å². The van der Waals surface area contributed by atoms with Crippen LogP contribution in [0, 0.1) is 28.6 Å². The highest BCUT2D eigenvalue weighted by Crippen LogP contribution is 2.58. The highest BCUT2D eigenvalue weighted by atomic mass is 16.3. The van der Waals surface area contributed by atoms with E-state index in [4.69, 9.17) is 5.73 Å². The van der Waals surface area contributed by atoms with Gasteiger partial charge < -0.3 is 15.9 Å². The van der Waals surface area contributed by atoms with Crippen molar-refractivity contribution in [3.05, 3.63) is 0 Å². The van der Waals surface area contributed by atoms with Crippen molar-refractivity contribution >= 4 is 5.78 Å². The highest BCUT2D eigenvalue weighted by Gasteiger charge is 2.57. The van der Waals surface area contributed by atoms with E-state index < -0.39 is 0 Å². The van der Waals surface area contributed by atoms with Gasteiger partial charge in [0.25, 0.3) is 0 Å². The maximum Gasteiger partial charge on any atom is 0.139 e. The van der Waals surface area contributed by atoms with Crippen LogP contribution in [0.3, 0.4) is 0 Å². The van der Waals surface area contributed by atoms with Crippen LogP contribution in [-0.4, -0.2) is 34.7 Å². The average molecular weight is 309 g/mol. The first-order valence-electron chi connectivity index (χ1n) is 8.90. The molecule has 3 saturated carbocycles. The third kappa shape index (κ3) is 2.26. The lowest BCUT2D eigenvalue weighted by Crippen LogP contribution is -2.57. The Balaban J connectivity index is 1.85. The predicted molar refractivity (Wildman–Crippen MR) is 85.1 cm³/mol. The second kappa shape index (κ2) is 5.57. The Kier molecular flexibility index (Phi) is 4.15. The number of Topliss-reactive ketones (excluding diaryl/α,β-unsaturated/α-hetero) is 1. The normalized spacial score (nSPS) is 52.6. The summed E-state index contributed by atoms with van der Waals surface area (Å²) in [6.45, 7) is 4.49. The van der Waals surface area contributed by atoms with Crippen LogP contribution in [0.25, 0.3) is 0 Å². The minimum absolute atomic E-state index is 0.0135. The van der Waals surface area contributed by atoms with Crippen LogP contribution >= 0.6 is 0 Å². The van der Waals surface area contributed by atoms with Gasteiger partial charge in [-0.05, 0) is 61.7 Å². The lowest BCUT2D eigenvalue weighted by molar-refractivity contribution is -0.131. The van der Waals surface area contributed by atoms with Gasteiger partial charge in [0, 0.05) is 24.5 Å². The molecule has 3 aliphatic carbocycles. The summed E-state index contributed by atoms with van der Waals surface area (Å²) in [5.41, 5.74) is 6.46. The van der Waals surface area contributed by atoms with Gasteiger partial charge in [-0.25, -0.2) is 0 Å². The van der Waals surface area contributed by atoms with E-state index in [0.29, 0.717) is 30.5 Å². The van der Waals surface area contributed by atoms with Gasteiger partial charge in [-0.2, -0.15) is 0 Å². The maximum absolute atomic E-state index is 12.3. The lowest BCUT2D eigenvalue weighted by Gasteiger charge is -2.55. The number of nitrogens with two attached hydrogens (primary N) is 1. The number of aliphatic hydroxyl groups excluding tert-OH is 2. The van der Waals surface area contributed by atoms with Crippen molar-refractivity contribution < 1.29 is 15.0 Å². The molecular weight excluding hydrogens is 278 g/mol. The summed E-state index contributed by atoms with van der Waals surface area (Å²) < 4.78 is 0. The molecule has 4 nitrogen and oxygen atoms in total. The molecule has 3 rings (SSSR count). The summed E-state index contributed by atoms with van der Waals surface area (Å²) >= 11 is 0. The average Bonchev–Trinajstić information content (AvgIpc) is 2.78. The molecule has 0 heterocycles. The number of carbonyl (C=O) groups is 1. The van der Waals surface area contributed by atoms with E-state index in [-0.39, 0.29) is 35.5 Å². The van der Waals surface area contributed by atoms with Gasteiger partial charge in [0.15, 0.2) is 0 Å². The molecule has 2 unspecified atom stereocenters. The minimum atomic E-state index is -0.289. The summed E-state index contributed by atoms with van der Waals surface area (Å²) in [6.07, 6.45) is 5.64. The van der Waals surface area contributed by atoms with E-state index in [1.165, 1.54) is 0 Å². The van der Waals surface area contributed by atoms with Gasteiger partial charge in [-0.1, -0.05) is 13.8 Å². The Labute approximate surface area is 133 Å². The Bertz CT molecular complexity index is 454. The zero-order valence-electron chi connectivity index (χ0n) is 13.9. The first kappa shape index (κ1) is 16.4. The summed E-state index contributed by atoms with van der Waals surface area (Å²) in [5.74, 6) is 1.16. The summed E-state index contributed by atoms with van der Waals surface area (Å²) in [5, 5.41) is 19.8. The van der Waals surface area contributed by atoms with Crippen LogP contribution in [0.4, 0.5) is 0 Å². The fraction of sp³-hybridized carbons (Fsp3) is 0.944. The Hall–Kier alpha value is -0.450. The van der Waals surface area contributed by atoms with Crippen molar-refractivity contribution in [3.63, 3.8) is 0 Å². The molecule has 4 heteroatoms. The van der Waals surface area contributed by atoms with E-state index in [9.17, 15) is 15.0 Å². The number of rotatable bonds is 2. The van der Waals surface area contributed by atoms with Crippen molar-refractivity contribution in [2.75, 3.05) is 6.61 Å². The zero-order chi connectivity index (χ0) is 16.1. The van der Waals surface area contributed by atoms with E-state index in [0.717, 1.165) is 32.1 Å². The SMILES string of the molecule is C[C@]12CCC([C@@]3(C)CC[C@H](O)C[C@@H]3CO)[C@@H](N)C1CCC2=O. The minimum Gasteiger partial charge on any atom is -0.396 e. The Morgan fingerprint density at radius 2 is 1.91 bits per heavy atom. The lowest BCUT2D eigenvalue weighted by atomic mass is 9.51. The van der Waals surface area contributed by atoms with Crippen molar-refractivity contribution in [3.8, 4) is 0 Å². The molecule has 0 aliphatic heterocycles. The molecule has 7 atom stereocenters. The molecule has 0 bridgehead atoms. The number of hydrogen-bond donors (Lipinski definition) is 3. The molecular formula is C18H31NO3. The second-order valence-corrected chi connectivity index (χ2v) is 8.52. The van der Waals surface area contributed by atoms with Gasteiger partial charge in [0.2, 0.25) is 0 Å². The molecule has 0 aromatic rings. The molecule has 0 aromatic carbocycles. The molecule has 0 radical (unpaired) electrons. The van der Waals surface area contributed by atoms with Gasteiger partial charge in [0.1, 0.15) is 5.78 Å². The van der Waals surface area contributed by atoms with Gasteiger partial charge in [-0.15, -0.1) is 0 Å². The predicted octanol–water partition coefficient (Wildman–Crippen LogP) is 1.87. The molecule has 3 fully saturated rings. The fourth-order valence-electron chi connectivity index (χ4n) is 5.91. The summed E-state index contributed by atoms with van der Waals surface area (Å²) in [6, 6.07) is 0.0412. The first-order valence-corrected chi connectivity index (χ1v) is 8.90. The van der Waals surface area contributed by atoms with Crippen molar-refractivity contribution in [2.45, 2.75) is 70.9 Å². The third-order valence-electron chi connectivity index (χ3n) is 7.61. The largest absolute Gasteiger partial charge is 0.396 e. The molecule has 0 saturated heterocycles. The molecule has 126 valence electrons. The van der Waals surface area contributed by atoms with Crippen LogP contribution in [0.5, 0.6) is 0 Å². The molecule has 0 spiro atoms. The van der Waals surface area contributed by atoms with Crippen molar-refractivity contribution in [1.29, 1.82) is 0 Å². The third-order valence-corrected chi connectivity index (χ3v) is 7.61. The number of hydrogen-bond acceptors (Lipinski definition) is 4. The first-order chi connectivity index (χ1) is 10.3. The van der Waals surface area contributed by atoms with E-state index in [1.807, 2.05) is 0 Å². The molecule has 22 heavy (non-hydrogen) atoms. The van der Waals surface area contributed by atoms with Crippen LogP contribution < -0.4 is 5.73 Å². The number of carbonyl (C=O) groups excluding carboxylic acids is 1. The monoisotopic (exact) mass is 309 g/mol. The van der Waals surface area contributed by atoms with Crippen molar-refractivity contribution in [2.24, 2.45) is 34.3 Å². The van der Waals surface area contributed by atoms with Crippen LogP contribution in [0.2, 0.25) is 0 Å². The van der Waals surface area contributed by atoms with E-state index in [1.54, 1.807) is 0 Å². The van der Waals surface area contributed by atoms with Crippen molar-refractivity contribution in [1.82, 2.24) is 0 Å². The quantitative estimate of drug-likeness (QED) is 0.727. The standard InChI is InChI=1S/C18H31NO3/c1-17(7-5-12(21)9-11(17)10-20)14-6-8-18(2)13(16(14)19)3-4-15(18)22/h11-14,16,20-21H,3-10,19H2,1-2H3/t11-,12+,13?,14?,16+,17+,18+/m1/s1. The van der Waals surface area contributed by atoms with E-state index in [2.05, 4.69) is 13.8 Å². The molecule has 3 aliphatic rings. The smallest absolute Gasteiger partial charge is 0.139 e. The van der Waals surface area contributed by atoms with Gasteiger partial charge in [0.05, 0.1) is 6.10 Å². The molecule has 0 aromatic heterocycles. The zero-order valence-corrected chi connectivity index (χ0v) is 13.9. The Morgan fingerprint density at radius 3 is 2.59 bits per heavy atom. The highest BCUT2D eigenvalue weighted by molar-refractivity contribution is 5.87. The number of aliphatic hydroxyl groups is 2. The molecule has 4 N–H and O–H groups in total. The Morgan fingerprint density at radius 1 is 1.18 bits per heavy atom. The maximum atomic E-state index is 12.3. The van der Waals surface area contributed by atoms with Crippen LogP contribution in [-0.2, 0) is 4.79 Å². The fourth-order valence-corrected chi connectivity index (χ4v) is 5.91. The van der Waals surface area contributed by atoms with Gasteiger partial charge in [-0.3, -0.25) is 4.79 Å². The number of ketones is 1. The summed E-state index contributed by atoms with van der Waals surface area (Å²) in [7, 11) is 0. The topological polar surface area (TPSA) is 83.6 Å².